The van der Waals surface area contributed by atoms with Gasteiger partial charge in [-0.3, -0.25) is 14.4 Å². The molecule has 0 bridgehead atoms. The Balaban J connectivity index is 1.69. The Kier molecular flexibility index (Phi) is 4.06. The molecular weight excluding hydrogens is 340 g/mol. The lowest BCUT2D eigenvalue weighted by atomic mass is 9.92. The average molecular weight is 357 g/mol. The molecule has 0 spiro atoms. The summed E-state index contributed by atoms with van der Waals surface area (Å²) >= 11 is 1.62. The molecule has 0 fully saturated rings. The van der Waals surface area contributed by atoms with Gasteiger partial charge in [0, 0.05) is 35.8 Å². The molecule has 4 heterocycles. The van der Waals surface area contributed by atoms with Crippen molar-refractivity contribution >= 4 is 17.0 Å². The minimum atomic E-state index is -0.0738. The van der Waals surface area contributed by atoms with Crippen molar-refractivity contribution in [1.82, 2.24) is 19.4 Å². The first-order valence-corrected chi connectivity index (χ1v) is 9.11. The van der Waals surface area contributed by atoms with E-state index in [1.54, 1.807) is 29.9 Å². The molecule has 0 saturated carbocycles. The molecular formula is C21H17N4S. The first-order valence-electron chi connectivity index (χ1n) is 8.30. The van der Waals surface area contributed by atoms with Crippen molar-refractivity contribution in [2.75, 3.05) is 0 Å². The predicted molar refractivity (Wildman–Crippen MR) is 104 cm³/mol. The summed E-state index contributed by atoms with van der Waals surface area (Å²) in [6, 6.07) is 7.87. The van der Waals surface area contributed by atoms with Gasteiger partial charge in [-0.2, -0.15) is 0 Å². The Morgan fingerprint density at radius 2 is 1.85 bits per heavy atom. The highest BCUT2D eigenvalue weighted by Crippen LogP contribution is 2.29. The molecule has 5 heteroatoms. The van der Waals surface area contributed by atoms with E-state index in [9.17, 15) is 0 Å². The highest BCUT2D eigenvalue weighted by atomic mass is 32.1. The summed E-state index contributed by atoms with van der Waals surface area (Å²) in [6.45, 7) is 6.42. The zero-order chi connectivity index (χ0) is 18.1. The van der Waals surface area contributed by atoms with Gasteiger partial charge in [-0.15, -0.1) is 11.3 Å². The van der Waals surface area contributed by atoms with Crippen molar-refractivity contribution in [3.63, 3.8) is 0 Å². The van der Waals surface area contributed by atoms with Gasteiger partial charge in [-0.25, -0.2) is 4.98 Å². The molecule has 0 aliphatic carbocycles. The Labute approximate surface area is 156 Å². The van der Waals surface area contributed by atoms with Gasteiger partial charge in [0.05, 0.1) is 15.4 Å². The molecule has 0 aliphatic heterocycles. The summed E-state index contributed by atoms with van der Waals surface area (Å²) < 4.78 is 1.92. The van der Waals surface area contributed by atoms with E-state index in [2.05, 4.69) is 48.8 Å². The van der Waals surface area contributed by atoms with Gasteiger partial charge < -0.3 is 0 Å². The lowest BCUT2D eigenvalue weighted by molar-refractivity contribution is 0.570. The summed E-state index contributed by atoms with van der Waals surface area (Å²) in [5, 5.41) is 0. The van der Waals surface area contributed by atoms with Crippen LogP contribution in [0.2, 0.25) is 0 Å². The first-order chi connectivity index (χ1) is 12.5. The van der Waals surface area contributed by atoms with E-state index < -0.39 is 0 Å². The van der Waals surface area contributed by atoms with E-state index in [4.69, 9.17) is 4.98 Å². The van der Waals surface area contributed by atoms with E-state index in [0.717, 1.165) is 32.4 Å². The van der Waals surface area contributed by atoms with Crippen molar-refractivity contribution in [2.24, 2.45) is 0 Å². The van der Waals surface area contributed by atoms with Gasteiger partial charge in [0.1, 0.15) is 11.9 Å². The van der Waals surface area contributed by atoms with Gasteiger partial charge >= 0.3 is 0 Å². The number of hydrogen-bond donors (Lipinski definition) is 0. The maximum absolute atomic E-state index is 4.78. The van der Waals surface area contributed by atoms with Gasteiger partial charge in [0.15, 0.2) is 5.65 Å². The normalized spacial score (nSPS) is 11.3. The van der Waals surface area contributed by atoms with Crippen LogP contribution in [0.4, 0.5) is 0 Å². The molecule has 4 aromatic heterocycles. The van der Waals surface area contributed by atoms with Crippen molar-refractivity contribution < 1.29 is 0 Å². The van der Waals surface area contributed by atoms with Crippen molar-refractivity contribution in [1.29, 1.82) is 0 Å². The molecule has 127 valence electrons. The number of hydrogen-bond acceptors (Lipinski definition) is 4. The number of fused-ring (bicyclic) bond motifs is 1. The molecule has 4 nitrogen and oxygen atoms in total. The Morgan fingerprint density at radius 3 is 2.62 bits per heavy atom. The molecule has 0 atom stereocenters. The minimum Gasteiger partial charge on any atom is -0.294 e. The highest BCUT2D eigenvalue weighted by Gasteiger charge is 2.21. The lowest BCUT2D eigenvalue weighted by Gasteiger charge is -2.17. The predicted octanol–water partition coefficient (Wildman–Crippen LogP) is 4.35. The number of rotatable bonds is 1. The third kappa shape index (κ3) is 3.24. The Bertz CT molecular complexity index is 1120. The van der Waals surface area contributed by atoms with E-state index in [-0.39, 0.29) is 5.41 Å². The van der Waals surface area contributed by atoms with Crippen LogP contribution in [0.3, 0.4) is 0 Å². The maximum atomic E-state index is 4.78. The second kappa shape index (κ2) is 6.40. The Hall–Kier alpha value is -2.97. The van der Waals surface area contributed by atoms with Gasteiger partial charge in [-0.05, 0) is 24.3 Å². The second-order valence-corrected chi connectivity index (χ2v) is 8.03. The van der Waals surface area contributed by atoms with Crippen LogP contribution in [0.25, 0.3) is 16.2 Å². The van der Waals surface area contributed by atoms with Gasteiger partial charge in [-0.1, -0.05) is 32.6 Å². The van der Waals surface area contributed by atoms with E-state index in [0.29, 0.717) is 0 Å². The number of thiophene rings is 1. The van der Waals surface area contributed by atoms with Gasteiger partial charge in [0.25, 0.3) is 0 Å². The number of nitrogens with zero attached hydrogens (tertiary/aromatic N) is 4. The van der Waals surface area contributed by atoms with Crippen LogP contribution in [0, 0.1) is 18.0 Å². The van der Waals surface area contributed by atoms with E-state index >= 15 is 0 Å². The lowest BCUT2D eigenvalue weighted by Crippen LogP contribution is -2.15. The largest absolute Gasteiger partial charge is 0.294 e. The molecule has 0 amide bonds. The average Bonchev–Trinajstić information content (AvgIpc) is 3.26. The molecule has 0 unspecified atom stereocenters. The summed E-state index contributed by atoms with van der Waals surface area (Å²) in [7, 11) is 0. The van der Waals surface area contributed by atoms with Crippen LogP contribution in [-0.2, 0) is 5.41 Å². The highest BCUT2D eigenvalue weighted by molar-refractivity contribution is 7.16. The Morgan fingerprint density at radius 1 is 1.04 bits per heavy atom. The summed E-state index contributed by atoms with van der Waals surface area (Å²) in [6.07, 6.45) is 10.5. The molecule has 0 saturated heterocycles. The summed E-state index contributed by atoms with van der Waals surface area (Å²) in [5.74, 6) is 6.36. The topological polar surface area (TPSA) is 43.1 Å². The van der Waals surface area contributed by atoms with Crippen molar-refractivity contribution in [2.45, 2.75) is 26.2 Å². The molecule has 26 heavy (non-hydrogen) atoms. The number of pyridine rings is 1. The zero-order valence-electron chi connectivity index (χ0n) is 14.8. The fourth-order valence-corrected chi connectivity index (χ4v) is 3.40. The minimum absolute atomic E-state index is 0.0738. The monoisotopic (exact) mass is 357 g/mol. The molecule has 0 N–H and O–H groups in total. The van der Waals surface area contributed by atoms with Crippen LogP contribution in [0.5, 0.6) is 0 Å². The number of aromatic nitrogens is 4. The summed E-state index contributed by atoms with van der Waals surface area (Å²) in [4.78, 5) is 15.4. The maximum Gasteiger partial charge on any atom is 0.160 e. The molecule has 4 rings (SSSR count). The van der Waals surface area contributed by atoms with E-state index in [1.165, 1.54) is 0 Å². The van der Waals surface area contributed by atoms with Crippen LogP contribution in [-0.4, -0.2) is 19.4 Å². The molecule has 1 radical (unpaired) electrons. The summed E-state index contributed by atoms with van der Waals surface area (Å²) in [5.41, 5.74) is 3.53. The van der Waals surface area contributed by atoms with E-state index in [1.807, 2.05) is 34.9 Å². The smallest absolute Gasteiger partial charge is 0.160 e. The fourth-order valence-electron chi connectivity index (χ4n) is 2.60. The molecule has 0 aromatic carbocycles. The van der Waals surface area contributed by atoms with Crippen LogP contribution in [0.15, 0.2) is 49.1 Å². The third-order valence-corrected chi connectivity index (χ3v) is 4.87. The van der Waals surface area contributed by atoms with Crippen LogP contribution >= 0.6 is 11.3 Å². The molecule has 0 aliphatic rings. The standard InChI is InChI=1S/C21H17N4S/c1-21(2,3)19-20-24-17(14-25(20)13-12-23-19)18-7-6-16(26-18)5-4-15-8-10-22-11-9-15/h6-13H,1-3H3. The zero-order valence-corrected chi connectivity index (χ0v) is 15.6. The second-order valence-electron chi connectivity index (χ2n) is 6.94. The fraction of sp³-hybridized carbons (Fsp3) is 0.190. The molecule has 4 aromatic rings. The first kappa shape index (κ1) is 16.5. The van der Waals surface area contributed by atoms with Crippen molar-refractivity contribution in [3.05, 3.63) is 71.4 Å². The third-order valence-electron chi connectivity index (χ3n) is 3.86. The quantitative estimate of drug-likeness (QED) is 0.476. The van der Waals surface area contributed by atoms with Gasteiger partial charge in [0.2, 0.25) is 0 Å². The van der Waals surface area contributed by atoms with Crippen molar-refractivity contribution in [3.8, 4) is 22.4 Å². The van der Waals surface area contributed by atoms with Crippen LogP contribution in [0.1, 0.15) is 36.9 Å². The van der Waals surface area contributed by atoms with Crippen LogP contribution < -0.4 is 0 Å². The SMILES string of the molecule is CC(C)(C)c1nccn2[c]c(-c3ccc(C#Cc4ccncc4)s3)nc12. The number of imidazole rings is 1.